The Morgan fingerprint density at radius 3 is 2.39 bits per heavy atom. The van der Waals surface area contributed by atoms with Crippen LogP contribution in [-0.4, -0.2) is 62.0 Å². The zero-order chi connectivity index (χ0) is 21.2. The standard InChI is InChI=1S/C24H26N6O/c1-28-10-7-24(8-11-28)9-12-30(24)23-6-5-19-20(26-23)4-3-18(25-19)17-13-16-15-29(2)27-21(16)14-22(17)31/h3-6,13-15,31H,7-12H2,1-2H3. The van der Waals surface area contributed by atoms with Crippen molar-refractivity contribution in [3.8, 4) is 17.0 Å². The number of piperidine rings is 1. The summed E-state index contributed by atoms with van der Waals surface area (Å²) in [6.45, 7) is 3.38. The minimum atomic E-state index is 0.187. The smallest absolute Gasteiger partial charge is 0.129 e. The van der Waals surface area contributed by atoms with E-state index in [1.807, 2.05) is 31.4 Å². The normalized spacial score (nSPS) is 18.7. The fourth-order valence-electron chi connectivity index (χ4n) is 5.14. The van der Waals surface area contributed by atoms with Gasteiger partial charge in [0.2, 0.25) is 0 Å². The molecule has 158 valence electrons. The molecule has 6 rings (SSSR count). The minimum Gasteiger partial charge on any atom is -0.507 e. The Kier molecular flexibility index (Phi) is 3.99. The van der Waals surface area contributed by atoms with Gasteiger partial charge in [-0.05, 0) is 56.6 Å². The molecule has 3 aromatic heterocycles. The number of phenols is 1. The molecule has 0 saturated carbocycles. The molecule has 4 aromatic rings. The van der Waals surface area contributed by atoms with Gasteiger partial charge in [0.05, 0.1) is 22.2 Å². The largest absolute Gasteiger partial charge is 0.507 e. The van der Waals surface area contributed by atoms with Gasteiger partial charge in [0.1, 0.15) is 11.6 Å². The molecule has 0 radical (unpaired) electrons. The highest BCUT2D eigenvalue weighted by atomic mass is 16.3. The van der Waals surface area contributed by atoms with E-state index in [2.05, 4.69) is 34.1 Å². The Bertz CT molecular complexity index is 1300. The number of aromatic nitrogens is 4. The molecule has 1 spiro atoms. The van der Waals surface area contributed by atoms with Crippen LogP contribution < -0.4 is 4.90 Å². The van der Waals surface area contributed by atoms with Gasteiger partial charge in [0, 0.05) is 55.4 Å². The molecule has 5 heterocycles. The van der Waals surface area contributed by atoms with Gasteiger partial charge >= 0.3 is 0 Å². The second-order valence-electron chi connectivity index (χ2n) is 9.06. The van der Waals surface area contributed by atoms with Crippen LogP contribution >= 0.6 is 0 Å². The number of aryl methyl sites for hydroxylation is 1. The van der Waals surface area contributed by atoms with Crippen molar-refractivity contribution in [1.29, 1.82) is 0 Å². The van der Waals surface area contributed by atoms with Crippen molar-refractivity contribution in [2.45, 2.75) is 24.8 Å². The maximum absolute atomic E-state index is 10.5. The maximum atomic E-state index is 10.5. The number of hydrogen-bond donors (Lipinski definition) is 1. The molecule has 1 aromatic carbocycles. The van der Waals surface area contributed by atoms with Gasteiger partial charge in [-0.1, -0.05) is 0 Å². The van der Waals surface area contributed by atoms with Gasteiger partial charge < -0.3 is 14.9 Å². The second-order valence-corrected chi connectivity index (χ2v) is 9.06. The third-order valence-electron chi connectivity index (χ3n) is 7.11. The summed E-state index contributed by atoms with van der Waals surface area (Å²) >= 11 is 0. The quantitative estimate of drug-likeness (QED) is 0.541. The highest BCUT2D eigenvalue weighted by molar-refractivity contribution is 5.88. The Balaban J connectivity index is 1.34. The summed E-state index contributed by atoms with van der Waals surface area (Å²) < 4.78 is 1.75. The summed E-state index contributed by atoms with van der Waals surface area (Å²) in [6.07, 6.45) is 5.61. The summed E-state index contributed by atoms with van der Waals surface area (Å²) in [6, 6.07) is 11.7. The molecule has 1 N–H and O–H groups in total. The average Bonchev–Trinajstić information content (AvgIpc) is 3.11. The molecule has 2 saturated heterocycles. The lowest BCUT2D eigenvalue weighted by molar-refractivity contribution is 0.134. The number of anilines is 1. The highest BCUT2D eigenvalue weighted by Gasteiger charge is 2.46. The van der Waals surface area contributed by atoms with Crippen LogP contribution in [0.5, 0.6) is 5.75 Å². The first-order valence-electron chi connectivity index (χ1n) is 10.9. The van der Waals surface area contributed by atoms with Crippen LogP contribution in [0.4, 0.5) is 5.82 Å². The molecule has 0 atom stereocenters. The molecular weight excluding hydrogens is 388 g/mol. The highest BCUT2D eigenvalue weighted by Crippen LogP contribution is 2.42. The van der Waals surface area contributed by atoms with Gasteiger partial charge in [-0.3, -0.25) is 4.68 Å². The fraction of sp³-hybridized carbons (Fsp3) is 0.375. The number of aromatic hydroxyl groups is 1. The number of benzene rings is 1. The van der Waals surface area contributed by atoms with Crippen LogP contribution in [0.15, 0.2) is 42.6 Å². The Morgan fingerprint density at radius 2 is 1.61 bits per heavy atom. The lowest BCUT2D eigenvalue weighted by Crippen LogP contribution is -2.64. The van der Waals surface area contributed by atoms with Gasteiger partial charge in [0.15, 0.2) is 0 Å². The summed E-state index contributed by atoms with van der Waals surface area (Å²) in [5.41, 5.74) is 4.22. The zero-order valence-electron chi connectivity index (χ0n) is 17.9. The SMILES string of the molecule is CN1CCC2(CC1)CCN2c1ccc2nc(-c3cc4cn(C)nc4cc3O)ccc2n1. The van der Waals surface area contributed by atoms with E-state index < -0.39 is 0 Å². The second kappa shape index (κ2) is 6.65. The lowest BCUT2D eigenvalue weighted by atomic mass is 9.76. The van der Waals surface area contributed by atoms with E-state index in [9.17, 15) is 5.11 Å². The van der Waals surface area contributed by atoms with Crippen LogP contribution in [0.3, 0.4) is 0 Å². The summed E-state index contributed by atoms with van der Waals surface area (Å²) in [7, 11) is 4.08. The molecule has 0 unspecified atom stereocenters. The number of rotatable bonds is 2. The average molecular weight is 415 g/mol. The minimum absolute atomic E-state index is 0.187. The fourth-order valence-corrected chi connectivity index (χ4v) is 5.14. The van der Waals surface area contributed by atoms with E-state index in [4.69, 9.17) is 9.97 Å². The Hall–Kier alpha value is -3.19. The summed E-state index contributed by atoms with van der Waals surface area (Å²) in [5, 5.41) is 15.9. The number of likely N-dealkylation sites (tertiary alicyclic amines) is 1. The van der Waals surface area contributed by atoms with E-state index in [0.717, 1.165) is 53.1 Å². The number of hydrogen-bond acceptors (Lipinski definition) is 6. The topological polar surface area (TPSA) is 70.3 Å². The van der Waals surface area contributed by atoms with Crippen molar-refractivity contribution in [2.24, 2.45) is 7.05 Å². The Morgan fingerprint density at radius 1 is 0.871 bits per heavy atom. The molecule has 2 fully saturated rings. The van der Waals surface area contributed by atoms with Gasteiger partial charge in [-0.15, -0.1) is 0 Å². The summed E-state index contributed by atoms with van der Waals surface area (Å²) in [5.74, 6) is 1.24. The zero-order valence-corrected chi connectivity index (χ0v) is 17.9. The van der Waals surface area contributed by atoms with Crippen molar-refractivity contribution >= 4 is 27.8 Å². The van der Waals surface area contributed by atoms with Crippen LogP contribution in [0.2, 0.25) is 0 Å². The molecule has 31 heavy (non-hydrogen) atoms. The Labute approximate surface area is 180 Å². The number of fused-ring (bicyclic) bond motifs is 2. The first-order chi connectivity index (χ1) is 15.0. The molecule has 2 aliphatic rings. The predicted molar refractivity (Wildman–Crippen MR) is 122 cm³/mol. The first-order valence-corrected chi connectivity index (χ1v) is 10.9. The van der Waals surface area contributed by atoms with Gasteiger partial charge in [0.25, 0.3) is 0 Å². The van der Waals surface area contributed by atoms with Crippen molar-refractivity contribution < 1.29 is 5.11 Å². The molecule has 0 amide bonds. The van der Waals surface area contributed by atoms with Crippen molar-refractivity contribution in [3.05, 3.63) is 42.6 Å². The number of phenolic OH excluding ortho intramolecular Hbond substituents is 1. The van der Waals surface area contributed by atoms with Crippen LogP contribution in [0.25, 0.3) is 33.2 Å². The van der Waals surface area contributed by atoms with Crippen molar-refractivity contribution in [2.75, 3.05) is 31.6 Å². The van der Waals surface area contributed by atoms with E-state index in [-0.39, 0.29) is 11.3 Å². The van der Waals surface area contributed by atoms with E-state index in [1.54, 1.807) is 10.7 Å². The third kappa shape index (κ3) is 2.95. The van der Waals surface area contributed by atoms with Gasteiger partial charge in [-0.25, -0.2) is 9.97 Å². The first kappa shape index (κ1) is 18.6. The molecule has 0 aliphatic carbocycles. The number of pyridine rings is 2. The molecule has 7 nitrogen and oxygen atoms in total. The van der Waals surface area contributed by atoms with Crippen molar-refractivity contribution in [3.63, 3.8) is 0 Å². The molecular formula is C24H26N6O. The molecule has 2 aliphatic heterocycles. The maximum Gasteiger partial charge on any atom is 0.129 e. The number of nitrogens with zero attached hydrogens (tertiary/aromatic N) is 6. The lowest BCUT2D eigenvalue weighted by Gasteiger charge is -2.57. The van der Waals surface area contributed by atoms with E-state index >= 15 is 0 Å². The molecule has 7 heteroatoms. The van der Waals surface area contributed by atoms with Crippen LogP contribution in [0, 0.1) is 0 Å². The van der Waals surface area contributed by atoms with Crippen LogP contribution in [-0.2, 0) is 7.05 Å². The van der Waals surface area contributed by atoms with E-state index in [1.165, 1.54) is 19.3 Å². The molecule has 0 bridgehead atoms. The van der Waals surface area contributed by atoms with E-state index in [0.29, 0.717) is 5.56 Å². The monoisotopic (exact) mass is 414 g/mol. The van der Waals surface area contributed by atoms with Crippen molar-refractivity contribution in [1.82, 2.24) is 24.6 Å². The summed E-state index contributed by atoms with van der Waals surface area (Å²) in [4.78, 5) is 14.7. The van der Waals surface area contributed by atoms with Gasteiger partial charge in [-0.2, -0.15) is 5.10 Å². The van der Waals surface area contributed by atoms with Crippen LogP contribution in [0.1, 0.15) is 19.3 Å². The predicted octanol–water partition coefficient (Wildman–Crippen LogP) is 3.56. The third-order valence-corrected chi connectivity index (χ3v) is 7.11.